The molecule has 1 aromatic heterocycles. The van der Waals surface area contributed by atoms with E-state index in [1.807, 2.05) is 13.8 Å². The first-order valence-electron chi connectivity index (χ1n) is 5.53. The highest BCUT2D eigenvalue weighted by molar-refractivity contribution is 5.86. The van der Waals surface area contributed by atoms with Crippen molar-refractivity contribution >= 4 is 5.97 Å². The lowest BCUT2D eigenvalue weighted by atomic mass is 10.1. The third kappa shape index (κ3) is 2.68. The maximum absolute atomic E-state index is 10.7. The summed E-state index contributed by atoms with van der Waals surface area (Å²) in [6.07, 6.45) is 0.111. The smallest absolute Gasteiger partial charge is 0.358 e. The Labute approximate surface area is 104 Å². The summed E-state index contributed by atoms with van der Waals surface area (Å²) in [5, 5.41) is 12.2. The quantitative estimate of drug-likeness (QED) is 0.899. The molecule has 0 aliphatic carbocycles. The zero-order valence-electron chi connectivity index (χ0n) is 10.1. The Morgan fingerprint density at radius 3 is 2.50 bits per heavy atom. The van der Waals surface area contributed by atoms with Gasteiger partial charge in [0.2, 0.25) is 0 Å². The van der Waals surface area contributed by atoms with E-state index in [9.17, 15) is 4.79 Å². The second-order valence-corrected chi connectivity index (χ2v) is 4.07. The zero-order valence-corrected chi connectivity index (χ0v) is 10.1. The van der Waals surface area contributed by atoms with Crippen molar-refractivity contribution in [1.29, 1.82) is 0 Å². The number of carbonyl (C=O) groups is 1. The standard InChI is InChI=1S/C13H13NO4/c1-8(2)17-10-5-3-9(4-6-10)12-7-11(13(15)16)14-18-12/h3-8H,1-2H3,(H,15,16). The largest absolute Gasteiger partial charge is 0.491 e. The first kappa shape index (κ1) is 12.2. The number of aromatic nitrogens is 1. The predicted octanol–water partition coefficient (Wildman–Crippen LogP) is 2.83. The number of ether oxygens (including phenoxy) is 1. The number of carboxylic acid groups (broad SMARTS) is 1. The molecule has 0 radical (unpaired) electrons. The molecule has 1 heterocycles. The van der Waals surface area contributed by atoms with E-state index in [1.165, 1.54) is 6.07 Å². The molecular weight excluding hydrogens is 234 g/mol. The molecule has 0 bridgehead atoms. The number of aromatic carboxylic acids is 1. The van der Waals surface area contributed by atoms with Gasteiger partial charge in [0.05, 0.1) is 6.10 Å². The third-order valence-electron chi connectivity index (χ3n) is 2.24. The lowest BCUT2D eigenvalue weighted by Gasteiger charge is -2.09. The van der Waals surface area contributed by atoms with Gasteiger partial charge in [-0.2, -0.15) is 0 Å². The number of rotatable bonds is 4. The minimum absolute atomic E-state index is 0.104. The second kappa shape index (κ2) is 4.91. The average molecular weight is 247 g/mol. The van der Waals surface area contributed by atoms with E-state index < -0.39 is 5.97 Å². The topological polar surface area (TPSA) is 72.6 Å². The summed E-state index contributed by atoms with van der Waals surface area (Å²) < 4.78 is 10.5. The van der Waals surface area contributed by atoms with Crippen molar-refractivity contribution in [2.75, 3.05) is 0 Å². The fourth-order valence-electron chi connectivity index (χ4n) is 1.48. The molecule has 0 spiro atoms. The van der Waals surface area contributed by atoms with Crippen LogP contribution in [0.5, 0.6) is 5.75 Å². The number of hydrogen-bond acceptors (Lipinski definition) is 4. The van der Waals surface area contributed by atoms with Crippen LogP contribution in [0.25, 0.3) is 11.3 Å². The van der Waals surface area contributed by atoms with E-state index in [0.29, 0.717) is 5.76 Å². The highest BCUT2D eigenvalue weighted by Gasteiger charge is 2.12. The summed E-state index contributed by atoms with van der Waals surface area (Å²) in [7, 11) is 0. The van der Waals surface area contributed by atoms with Crippen molar-refractivity contribution in [2.45, 2.75) is 20.0 Å². The van der Waals surface area contributed by atoms with Crippen LogP contribution in [0.4, 0.5) is 0 Å². The van der Waals surface area contributed by atoms with Gasteiger partial charge < -0.3 is 14.4 Å². The van der Waals surface area contributed by atoms with Gasteiger partial charge >= 0.3 is 5.97 Å². The van der Waals surface area contributed by atoms with Crippen LogP contribution in [0.15, 0.2) is 34.9 Å². The number of nitrogens with zero attached hydrogens (tertiary/aromatic N) is 1. The Kier molecular flexibility index (Phi) is 3.32. The van der Waals surface area contributed by atoms with Gasteiger partial charge in [0, 0.05) is 11.6 Å². The predicted molar refractivity (Wildman–Crippen MR) is 64.7 cm³/mol. The molecule has 0 aliphatic heterocycles. The van der Waals surface area contributed by atoms with Crippen molar-refractivity contribution in [3.8, 4) is 17.1 Å². The highest BCUT2D eigenvalue weighted by Crippen LogP contribution is 2.23. The van der Waals surface area contributed by atoms with Crippen molar-refractivity contribution in [1.82, 2.24) is 5.16 Å². The molecule has 1 aromatic carbocycles. The molecule has 1 N–H and O–H groups in total. The maximum atomic E-state index is 10.7. The van der Waals surface area contributed by atoms with Crippen LogP contribution in [0.2, 0.25) is 0 Å². The summed E-state index contributed by atoms with van der Waals surface area (Å²) in [4.78, 5) is 10.7. The molecule has 0 aliphatic rings. The molecule has 2 rings (SSSR count). The van der Waals surface area contributed by atoms with E-state index >= 15 is 0 Å². The third-order valence-corrected chi connectivity index (χ3v) is 2.24. The van der Waals surface area contributed by atoms with Crippen molar-refractivity contribution in [2.24, 2.45) is 0 Å². The number of carboxylic acids is 1. The van der Waals surface area contributed by atoms with Gasteiger partial charge in [0.15, 0.2) is 11.5 Å². The molecule has 0 saturated heterocycles. The van der Waals surface area contributed by atoms with Gasteiger partial charge in [-0.15, -0.1) is 0 Å². The van der Waals surface area contributed by atoms with Crippen LogP contribution in [0, 0.1) is 0 Å². The van der Waals surface area contributed by atoms with Crippen LogP contribution in [0.3, 0.4) is 0 Å². The van der Waals surface area contributed by atoms with E-state index in [4.69, 9.17) is 14.4 Å². The minimum atomic E-state index is -1.11. The van der Waals surface area contributed by atoms with Gasteiger partial charge in [-0.1, -0.05) is 5.16 Å². The monoisotopic (exact) mass is 247 g/mol. The minimum Gasteiger partial charge on any atom is -0.491 e. The Morgan fingerprint density at radius 1 is 1.33 bits per heavy atom. The van der Waals surface area contributed by atoms with E-state index in [1.54, 1.807) is 24.3 Å². The summed E-state index contributed by atoms with van der Waals surface area (Å²) in [6.45, 7) is 3.90. The fourth-order valence-corrected chi connectivity index (χ4v) is 1.48. The fraction of sp³-hybridized carbons (Fsp3) is 0.231. The normalized spacial score (nSPS) is 10.6. The molecule has 0 unspecified atom stereocenters. The summed E-state index contributed by atoms with van der Waals surface area (Å²) in [5.74, 6) is 0.0694. The molecule has 2 aromatic rings. The molecule has 18 heavy (non-hydrogen) atoms. The Balaban J connectivity index is 2.20. The van der Waals surface area contributed by atoms with Gasteiger partial charge in [-0.05, 0) is 38.1 Å². The van der Waals surface area contributed by atoms with E-state index in [2.05, 4.69) is 5.16 Å². The van der Waals surface area contributed by atoms with Gasteiger partial charge in [-0.25, -0.2) is 4.79 Å². The second-order valence-electron chi connectivity index (χ2n) is 4.07. The van der Waals surface area contributed by atoms with Gasteiger partial charge in [-0.3, -0.25) is 0 Å². The Hall–Kier alpha value is -2.30. The molecule has 0 atom stereocenters. The first-order chi connectivity index (χ1) is 8.56. The highest BCUT2D eigenvalue weighted by atomic mass is 16.5. The maximum Gasteiger partial charge on any atom is 0.358 e. The Bertz CT molecular complexity index is 542. The molecule has 0 amide bonds. The zero-order chi connectivity index (χ0) is 13.1. The van der Waals surface area contributed by atoms with Crippen LogP contribution < -0.4 is 4.74 Å². The molecule has 0 saturated carbocycles. The number of benzene rings is 1. The SMILES string of the molecule is CC(C)Oc1ccc(-c2cc(C(=O)O)no2)cc1. The van der Waals surface area contributed by atoms with E-state index in [-0.39, 0.29) is 11.8 Å². The summed E-state index contributed by atoms with van der Waals surface area (Å²) in [5.41, 5.74) is 0.651. The molecule has 0 fully saturated rings. The average Bonchev–Trinajstić information content (AvgIpc) is 2.78. The first-order valence-corrected chi connectivity index (χ1v) is 5.53. The van der Waals surface area contributed by atoms with Crippen LogP contribution in [0.1, 0.15) is 24.3 Å². The molecule has 94 valence electrons. The van der Waals surface area contributed by atoms with Crippen LogP contribution in [-0.2, 0) is 0 Å². The van der Waals surface area contributed by atoms with E-state index in [0.717, 1.165) is 11.3 Å². The van der Waals surface area contributed by atoms with Crippen LogP contribution >= 0.6 is 0 Å². The Morgan fingerprint density at radius 2 is 2.00 bits per heavy atom. The number of hydrogen-bond donors (Lipinski definition) is 1. The summed E-state index contributed by atoms with van der Waals surface area (Å²) >= 11 is 0. The van der Waals surface area contributed by atoms with Crippen molar-refractivity contribution in [3.63, 3.8) is 0 Å². The van der Waals surface area contributed by atoms with Crippen LogP contribution in [-0.4, -0.2) is 22.3 Å². The van der Waals surface area contributed by atoms with Gasteiger partial charge in [0.1, 0.15) is 5.75 Å². The summed E-state index contributed by atoms with van der Waals surface area (Å²) in [6, 6.07) is 8.59. The van der Waals surface area contributed by atoms with Crippen molar-refractivity contribution < 1.29 is 19.2 Å². The molecular formula is C13H13NO4. The lowest BCUT2D eigenvalue weighted by Crippen LogP contribution is -2.05. The van der Waals surface area contributed by atoms with Gasteiger partial charge in [0.25, 0.3) is 0 Å². The molecule has 5 nitrogen and oxygen atoms in total. The van der Waals surface area contributed by atoms with Crippen molar-refractivity contribution in [3.05, 3.63) is 36.0 Å². The molecule has 5 heteroatoms. The lowest BCUT2D eigenvalue weighted by molar-refractivity contribution is 0.0686.